The minimum Gasteiger partial charge on any atom is -0.472 e. The largest absolute Gasteiger partial charge is 0.472 e. The number of amides is 1. The number of fused-ring (bicyclic) bond motifs is 1. The summed E-state index contributed by atoms with van der Waals surface area (Å²) in [6, 6.07) is 10.5. The molecule has 0 bridgehead atoms. The summed E-state index contributed by atoms with van der Waals surface area (Å²) in [4.78, 5) is 13.9. The van der Waals surface area contributed by atoms with E-state index in [1.54, 1.807) is 12.5 Å². The highest BCUT2D eigenvalue weighted by atomic mass is 16.3. The number of carbonyl (C=O) groups excluding carboxylic acids is 1. The number of anilines is 2. The second-order valence-corrected chi connectivity index (χ2v) is 9.33. The SMILES string of the molecule is O=C(NC1CCCCC1)C(C1CCCCC1)C1(c2ccoc2)Nc2ccccc2N1. The summed E-state index contributed by atoms with van der Waals surface area (Å²) in [6.45, 7) is 0. The highest BCUT2D eigenvalue weighted by Crippen LogP contribution is 2.48. The average Bonchev–Trinajstić information content (AvgIpc) is 3.44. The van der Waals surface area contributed by atoms with E-state index in [0.717, 1.165) is 42.6 Å². The Morgan fingerprint density at radius 2 is 1.57 bits per heavy atom. The molecule has 2 heterocycles. The molecule has 2 fully saturated rings. The van der Waals surface area contributed by atoms with E-state index in [1.807, 2.05) is 18.2 Å². The number of benzene rings is 1. The predicted octanol–water partition coefficient (Wildman–Crippen LogP) is 5.62. The highest BCUT2D eigenvalue weighted by Gasteiger charge is 2.52. The molecule has 5 heteroatoms. The Bertz CT molecular complexity index is 826. The van der Waals surface area contributed by atoms with Gasteiger partial charge in [-0.25, -0.2) is 0 Å². The maximum absolute atomic E-state index is 13.9. The number of rotatable bonds is 5. The van der Waals surface area contributed by atoms with Crippen LogP contribution in [0.5, 0.6) is 0 Å². The van der Waals surface area contributed by atoms with Crippen LogP contribution in [0.2, 0.25) is 0 Å². The maximum atomic E-state index is 13.9. The monoisotopic (exact) mass is 407 g/mol. The molecule has 1 unspecified atom stereocenters. The number of carbonyl (C=O) groups is 1. The molecule has 1 aromatic heterocycles. The number of hydrogen-bond donors (Lipinski definition) is 3. The summed E-state index contributed by atoms with van der Waals surface area (Å²) in [5, 5.41) is 10.9. The van der Waals surface area contributed by atoms with Crippen LogP contribution in [-0.4, -0.2) is 11.9 Å². The van der Waals surface area contributed by atoms with E-state index in [1.165, 1.54) is 38.5 Å². The van der Waals surface area contributed by atoms with Crippen molar-refractivity contribution >= 4 is 17.3 Å². The van der Waals surface area contributed by atoms with Crippen molar-refractivity contribution in [3.8, 4) is 0 Å². The second-order valence-electron chi connectivity index (χ2n) is 9.33. The molecule has 3 aliphatic rings. The zero-order chi connectivity index (χ0) is 20.4. The number of nitrogens with one attached hydrogen (secondary N) is 3. The van der Waals surface area contributed by atoms with Crippen molar-refractivity contribution in [1.82, 2.24) is 5.32 Å². The van der Waals surface area contributed by atoms with Crippen LogP contribution >= 0.6 is 0 Å². The van der Waals surface area contributed by atoms with Crippen LogP contribution in [0.1, 0.15) is 69.8 Å². The topological polar surface area (TPSA) is 66.3 Å². The van der Waals surface area contributed by atoms with Gasteiger partial charge in [-0.15, -0.1) is 0 Å². The van der Waals surface area contributed by atoms with Crippen molar-refractivity contribution < 1.29 is 9.21 Å². The number of furan rings is 1. The highest BCUT2D eigenvalue weighted by molar-refractivity contribution is 5.86. The fraction of sp³-hybridized carbons (Fsp3) is 0.560. The van der Waals surface area contributed by atoms with E-state index >= 15 is 0 Å². The van der Waals surface area contributed by atoms with E-state index in [2.05, 4.69) is 28.1 Å². The Kier molecular flexibility index (Phi) is 5.45. The van der Waals surface area contributed by atoms with Gasteiger partial charge in [0.2, 0.25) is 5.91 Å². The third-order valence-electron chi connectivity index (χ3n) is 7.39. The van der Waals surface area contributed by atoms with Gasteiger partial charge in [-0.05, 0) is 49.8 Å². The summed E-state index contributed by atoms with van der Waals surface area (Å²) in [7, 11) is 0. The van der Waals surface area contributed by atoms with Gasteiger partial charge >= 0.3 is 0 Å². The third kappa shape index (κ3) is 3.59. The average molecular weight is 408 g/mol. The third-order valence-corrected chi connectivity index (χ3v) is 7.39. The molecule has 0 radical (unpaired) electrons. The van der Waals surface area contributed by atoms with Crippen molar-refractivity contribution in [2.24, 2.45) is 11.8 Å². The number of para-hydroxylation sites is 2. The lowest BCUT2D eigenvalue weighted by atomic mass is 9.71. The van der Waals surface area contributed by atoms with Crippen LogP contribution in [0.3, 0.4) is 0 Å². The number of hydrogen-bond acceptors (Lipinski definition) is 4. The first-order valence-electron chi connectivity index (χ1n) is 11.7. The van der Waals surface area contributed by atoms with Gasteiger partial charge in [-0.1, -0.05) is 50.7 Å². The molecule has 5 rings (SSSR count). The fourth-order valence-electron chi connectivity index (χ4n) is 5.90. The Hall–Kier alpha value is -2.43. The van der Waals surface area contributed by atoms with Crippen molar-refractivity contribution in [2.45, 2.75) is 75.9 Å². The zero-order valence-electron chi connectivity index (χ0n) is 17.7. The Morgan fingerprint density at radius 1 is 0.933 bits per heavy atom. The maximum Gasteiger partial charge on any atom is 0.228 e. The normalized spacial score (nSPS) is 22.5. The van der Waals surface area contributed by atoms with Crippen LogP contribution in [-0.2, 0) is 10.5 Å². The summed E-state index contributed by atoms with van der Waals surface area (Å²) >= 11 is 0. The van der Waals surface area contributed by atoms with Crippen molar-refractivity contribution in [1.29, 1.82) is 0 Å². The summed E-state index contributed by atoms with van der Waals surface area (Å²) in [6.07, 6.45) is 15.3. The van der Waals surface area contributed by atoms with Gasteiger partial charge in [0.1, 0.15) is 5.66 Å². The molecule has 2 saturated carbocycles. The quantitative estimate of drug-likeness (QED) is 0.602. The Labute approximate surface area is 179 Å². The summed E-state index contributed by atoms with van der Waals surface area (Å²) < 4.78 is 5.51. The van der Waals surface area contributed by atoms with Gasteiger partial charge in [0.25, 0.3) is 0 Å². The van der Waals surface area contributed by atoms with Crippen molar-refractivity contribution in [3.63, 3.8) is 0 Å². The van der Waals surface area contributed by atoms with Crippen LogP contribution in [0.25, 0.3) is 0 Å². The first-order chi connectivity index (χ1) is 14.8. The molecule has 160 valence electrons. The smallest absolute Gasteiger partial charge is 0.228 e. The molecule has 0 saturated heterocycles. The van der Waals surface area contributed by atoms with E-state index in [9.17, 15) is 4.79 Å². The first-order valence-corrected chi connectivity index (χ1v) is 11.7. The Morgan fingerprint density at radius 3 is 2.17 bits per heavy atom. The zero-order valence-corrected chi connectivity index (χ0v) is 17.7. The molecule has 0 spiro atoms. The molecule has 30 heavy (non-hydrogen) atoms. The molecule has 3 N–H and O–H groups in total. The molecule has 1 atom stereocenters. The van der Waals surface area contributed by atoms with Gasteiger partial charge in [0.05, 0.1) is 29.8 Å². The minimum absolute atomic E-state index is 0.183. The lowest BCUT2D eigenvalue weighted by molar-refractivity contribution is -0.130. The van der Waals surface area contributed by atoms with Crippen molar-refractivity contribution in [3.05, 3.63) is 48.4 Å². The minimum atomic E-state index is -0.683. The molecule has 1 aromatic carbocycles. The Balaban J connectivity index is 1.52. The van der Waals surface area contributed by atoms with E-state index in [-0.39, 0.29) is 11.8 Å². The fourth-order valence-corrected chi connectivity index (χ4v) is 5.90. The standard InChI is InChI=1S/C25H33N3O2/c29-24(26-20-11-5-2-6-12-20)23(18-9-3-1-4-10-18)25(19-15-16-30-17-19)27-21-13-7-8-14-22(21)28-25/h7-8,13-18,20,23,27-28H,1-6,9-12H2,(H,26,29). The van der Waals surface area contributed by atoms with Gasteiger partial charge < -0.3 is 20.4 Å². The van der Waals surface area contributed by atoms with Crippen molar-refractivity contribution in [2.75, 3.05) is 10.6 Å². The van der Waals surface area contributed by atoms with Gasteiger partial charge in [0.15, 0.2) is 0 Å². The summed E-state index contributed by atoms with van der Waals surface area (Å²) in [5.41, 5.74) is 2.40. The molecule has 1 aliphatic heterocycles. The van der Waals surface area contributed by atoms with E-state index in [4.69, 9.17) is 4.42 Å². The van der Waals surface area contributed by atoms with Gasteiger partial charge in [-0.2, -0.15) is 0 Å². The van der Waals surface area contributed by atoms with Gasteiger partial charge in [-0.3, -0.25) is 4.79 Å². The van der Waals surface area contributed by atoms with Crippen LogP contribution in [0, 0.1) is 11.8 Å². The lowest BCUT2D eigenvalue weighted by Crippen LogP contribution is -2.56. The van der Waals surface area contributed by atoms with E-state index < -0.39 is 5.66 Å². The second kappa shape index (κ2) is 8.37. The lowest BCUT2D eigenvalue weighted by Gasteiger charge is -2.43. The van der Waals surface area contributed by atoms with Crippen LogP contribution in [0.4, 0.5) is 11.4 Å². The summed E-state index contributed by atoms with van der Waals surface area (Å²) in [5.74, 6) is 0.319. The van der Waals surface area contributed by atoms with E-state index in [0.29, 0.717) is 12.0 Å². The molecule has 1 amide bonds. The molecule has 2 aliphatic carbocycles. The van der Waals surface area contributed by atoms with Gasteiger partial charge in [0, 0.05) is 11.6 Å². The molecular formula is C25H33N3O2. The first kappa shape index (κ1) is 19.5. The predicted molar refractivity (Wildman–Crippen MR) is 119 cm³/mol. The molecule has 2 aromatic rings. The molecule has 5 nitrogen and oxygen atoms in total. The van der Waals surface area contributed by atoms with Crippen LogP contribution in [0.15, 0.2) is 47.3 Å². The molecular weight excluding hydrogens is 374 g/mol. The van der Waals surface area contributed by atoms with Crippen LogP contribution < -0.4 is 16.0 Å².